The molecule has 0 saturated heterocycles. The summed E-state index contributed by atoms with van der Waals surface area (Å²) in [6, 6.07) is 55.4. The summed E-state index contributed by atoms with van der Waals surface area (Å²) in [6.07, 6.45) is 0. The normalized spacial score (nSPS) is 11.8. The zero-order valence-electron chi connectivity index (χ0n) is 22.8. The molecule has 0 saturated carbocycles. The van der Waals surface area contributed by atoms with E-state index in [0.717, 1.165) is 0 Å². The standard InChI is InChI=1S/C40H25NS/c1-3-11-26(12-4-1)29-21-30(27-13-5-2-6-14-27)23-31(22-29)41-37-17-9-7-15-32(37)36-25-35-28(24-38(36)41)19-20-34-33-16-8-10-18-39(33)42-40(34)35/h1-25H. The van der Waals surface area contributed by atoms with Crippen molar-refractivity contribution in [1.29, 1.82) is 0 Å². The van der Waals surface area contributed by atoms with Gasteiger partial charge in [0.25, 0.3) is 0 Å². The second-order valence-electron chi connectivity index (χ2n) is 11.0. The molecule has 0 fully saturated rings. The molecule has 1 nitrogen and oxygen atoms in total. The number of rotatable bonds is 3. The van der Waals surface area contributed by atoms with Crippen molar-refractivity contribution in [2.45, 2.75) is 0 Å². The number of para-hydroxylation sites is 1. The van der Waals surface area contributed by atoms with Crippen molar-refractivity contribution in [2.24, 2.45) is 0 Å². The van der Waals surface area contributed by atoms with Crippen LogP contribution in [0.5, 0.6) is 0 Å². The van der Waals surface area contributed by atoms with Gasteiger partial charge in [0.2, 0.25) is 0 Å². The highest BCUT2D eigenvalue weighted by atomic mass is 32.1. The quantitative estimate of drug-likeness (QED) is 0.206. The summed E-state index contributed by atoms with van der Waals surface area (Å²) in [5.41, 5.74) is 8.48. The summed E-state index contributed by atoms with van der Waals surface area (Å²) in [5, 5.41) is 7.84. The second-order valence-corrected chi connectivity index (χ2v) is 12.0. The fraction of sp³-hybridized carbons (Fsp3) is 0. The minimum Gasteiger partial charge on any atom is -0.309 e. The predicted octanol–water partition coefficient (Wildman–Crippen LogP) is 11.6. The Bertz CT molecular complexity index is 2390. The third kappa shape index (κ3) is 3.56. The minimum atomic E-state index is 1.17. The SMILES string of the molecule is c1ccc(-c2cc(-c3ccccc3)cc(-n3c4ccccc4c4cc5c(ccc6c7ccccc7sc56)cc43)c2)cc1. The number of aromatic nitrogens is 1. The van der Waals surface area contributed by atoms with Crippen LogP contribution >= 0.6 is 11.3 Å². The summed E-state index contributed by atoms with van der Waals surface area (Å²) >= 11 is 1.90. The van der Waals surface area contributed by atoms with Crippen LogP contribution in [0.3, 0.4) is 0 Å². The highest BCUT2D eigenvalue weighted by molar-refractivity contribution is 7.26. The number of nitrogens with zero attached hydrogens (tertiary/aromatic N) is 1. The summed E-state index contributed by atoms with van der Waals surface area (Å²) in [4.78, 5) is 0. The zero-order valence-corrected chi connectivity index (χ0v) is 23.6. The molecule has 42 heavy (non-hydrogen) atoms. The highest BCUT2D eigenvalue weighted by Crippen LogP contribution is 2.42. The Hall–Kier alpha value is -5.18. The van der Waals surface area contributed by atoms with Crippen molar-refractivity contribution in [3.63, 3.8) is 0 Å². The predicted molar refractivity (Wildman–Crippen MR) is 182 cm³/mol. The Morgan fingerprint density at radius 2 is 1.02 bits per heavy atom. The topological polar surface area (TPSA) is 4.93 Å². The first-order valence-electron chi connectivity index (χ1n) is 14.4. The van der Waals surface area contributed by atoms with Gasteiger partial charge in [0, 0.05) is 42.0 Å². The first-order valence-corrected chi connectivity index (χ1v) is 15.2. The Labute approximate surface area is 247 Å². The third-order valence-electron chi connectivity index (χ3n) is 8.54. The van der Waals surface area contributed by atoms with Gasteiger partial charge in [-0.15, -0.1) is 11.3 Å². The summed E-state index contributed by atoms with van der Waals surface area (Å²) in [5.74, 6) is 0. The van der Waals surface area contributed by atoms with Crippen LogP contribution in [0.4, 0.5) is 0 Å². The fourth-order valence-corrected chi connectivity index (χ4v) is 7.81. The Balaban J connectivity index is 1.38. The molecule has 2 aromatic heterocycles. The van der Waals surface area contributed by atoms with Crippen molar-refractivity contribution in [3.8, 4) is 27.9 Å². The lowest BCUT2D eigenvalue weighted by molar-refractivity contribution is 1.18. The van der Waals surface area contributed by atoms with Crippen LogP contribution in [-0.2, 0) is 0 Å². The fourth-order valence-electron chi connectivity index (χ4n) is 6.58. The molecule has 0 atom stereocenters. The van der Waals surface area contributed by atoms with Crippen LogP contribution in [0.1, 0.15) is 0 Å². The number of hydrogen-bond donors (Lipinski definition) is 0. The molecule has 9 rings (SSSR count). The van der Waals surface area contributed by atoms with E-state index in [1.54, 1.807) is 0 Å². The molecule has 196 valence electrons. The zero-order chi connectivity index (χ0) is 27.6. The van der Waals surface area contributed by atoms with Crippen LogP contribution in [0.25, 0.3) is 80.7 Å². The van der Waals surface area contributed by atoms with Gasteiger partial charge in [-0.25, -0.2) is 0 Å². The molecule has 7 aromatic carbocycles. The van der Waals surface area contributed by atoms with E-state index in [9.17, 15) is 0 Å². The molecule has 0 amide bonds. The minimum absolute atomic E-state index is 1.17. The van der Waals surface area contributed by atoms with Gasteiger partial charge in [-0.2, -0.15) is 0 Å². The maximum Gasteiger partial charge on any atom is 0.0547 e. The lowest BCUT2D eigenvalue weighted by Crippen LogP contribution is -1.96. The van der Waals surface area contributed by atoms with Crippen LogP contribution in [-0.4, -0.2) is 4.57 Å². The first kappa shape index (κ1) is 23.5. The number of benzene rings is 7. The molecule has 0 N–H and O–H groups in total. The third-order valence-corrected chi connectivity index (χ3v) is 9.76. The van der Waals surface area contributed by atoms with E-state index >= 15 is 0 Å². The van der Waals surface area contributed by atoms with Crippen molar-refractivity contribution in [3.05, 3.63) is 152 Å². The van der Waals surface area contributed by atoms with Gasteiger partial charge in [0.15, 0.2) is 0 Å². The molecule has 2 heteroatoms. The van der Waals surface area contributed by atoms with Gasteiger partial charge in [-0.3, -0.25) is 0 Å². The molecule has 0 bridgehead atoms. The van der Waals surface area contributed by atoms with Gasteiger partial charge in [-0.05, 0) is 70.1 Å². The summed E-state index contributed by atoms with van der Waals surface area (Å²) in [6.45, 7) is 0. The monoisotopic (exact) mass is 551 g/mol. The lowest BCUT2D eigenvalue weighted by atomic mass is 9.98. The average Bonchev–Trinajstić information content (AvgIpc) is 3.60. The van der Waals surface area contributed by atoms with E-state index in [-0.39, 0.29) is 0 Å². The number of thiophene rings is 1. The van der Waals surface area contributed by atoms with Gasteiger partial charge in [0.05, 0.1) is 11.0 Å². The largest absolute Gasteiger partial charge is 0.309 e. The lowest BCUT2D eigenvalue weighted by Gasteiger charge is -2.14. The Morgan fingerprint density at radius 3 is 1.76 bits per heavy atom. The molecule has 2 heterocycles. The Morgan fingerprint density at radius 1 is 0.381 bits per heavy atom. The molecule has 9 aromatic rings. The van der Waals surface area contributed by atoms with Crippen molar-refractivity contribution in [2.75, 3.05) is 0 Å². The molecule has 0 unspecified atom stereocenters. The molecule has 0 spiro atoms. The van der Waals surface area contributed by atoms with Crippen LogP contribution in [0, 0.1) is 0 Å². The smallest absolute Gasteiger partial charge is 0.0547 e. The van der Waals surface area contributed by atoms with E-state index in [0.29, 0.717) is 0 Å². The summed E-state index contributed by atoms with van der Waals surface area (Å²) < 4.78 is 5.16. The van der Waals surface area contributed by atoms with Crippen molar-refractivity contribution >= 4 is 64.1 Å². The molecular formula is C40H25NS. The first-order chi connectivity index (χ1) is 20.8. The van der Waals surface area contributed by atoms with E-state index < -0.39 is 0 Å². The highest BCUT2D eigenvalue weighted by Gasteiger charge is 2.17. The molecule has 0 aliphatic heterocycles. The number of hydrogen-bond acceptors (Lipinski definition) is 1. The van der Waals surface area contributed by atoms with Gasteiger partial charge in [0.1, 0.15) is 0 Å². The van der Waals surface area contributed by atoms with Gasteiger partial charge >= 0.3 is 0 Å². The van der Waals surface area contributed by atoms with E-state index in [1.807, 2.05) is 11.3 Å². The molecule has 0 radical (unpaired) electrons. The van der Waals surface area contributed by atoms with Gasteiger partial charge < -0.3 is 4.57 Å². The van der Waals surface area contributed by atoms with Gasteiger partial charge in [-0.1, -0.05) is 109 Å². The van der Waals surface area contributed by atoms with Crippen LogP contribution in [0.15, 0.2) is 152 Å². The molecular weight excluding hydrogens is 527 g/mol. The maximum absolute atomic E-state index is 2.46. The van der Waals surface area contributed by atoms with E-state index in [4.69, 9.17) is 0 Å². The van der Waals surface area contributed by atoms with Crippen LogP contribution in [0.2, 0.25) is 0 Å². The summed E-state index contributed by atoms with van der Waals surface area (Å²) in [7, 11) is 0. The van der Waals surface area contributed by atoms with E-state index in [2.05, 4.69) is 156 Å². The molecule has 0 aliphatic carbocycles. The average molecular weight is 552 g/mol. The maximum atomic E-state index is 2.46. The Kier molecular flexibility index (Phi) is 5.13. The van der Waals surface area contributed by atoms with Crippen molar-refractivity contribution < 1.29 is 0 Å². The number of fused-ring (bicyclic) bond motifs is 8. The molecule has 0 aliphatic rings. The van der Waals surface area contributed by atoms with Crippen LogP contribution < -0.4 is 0 Å². The van der Waals surface area contributed by atoms with E-state index in [1.165, 1.54) is 80.7 Å². The second kappa shape index (κ2) is 9.17. The van der Waals surface area contributed by atoms with Crippen molar-refractivity contribution in [1.82, 2.24) is 4.57 Å².